The zero-order valence-electron chi connectivity index (χ0n) is 11.2. The lowest BCUT2D eigenvalue weighted by atomic mass is 10.0. The van der Waals surface area contributed by atoms with Crippen LogP contribution in [-0.2, 0) is 0 Å². The van der Waals surface area contributed by atoms with Gasteiger partial charge in [-0.05, 0) is 31.9 Å². The fraction of sp³-hybridized carbons (Fsp3) is 0.533. The molecule has 3 N–H and O–H groups in total. The van der Waals surface area contributed by atoms with E-state index in [1.165, 1.54) is 0 Å². The first-order chi connectivity index (χ1) is 9.08. The molecule has 0 bridgehead atoms. The van der Waals surface area contributed by atoms with Crippen molar-refractivity contribution in [2.45, 2.75) is 51.2 Å². The molecule has 1 aliphatic rings. The average Bonchev–Trinajstić information content (AvgIpc) is 2.57. The van der Waals surface area contributed by atoms with E-state index in [9.17, 15) is 15.0 Å². The zero-order valence-corrected chi connectivity index (χ0v) is 11.2. The van der Waals surface area contributed by atoms with Crippen LogP contribution in [0.3, 0.4) is 0 Å². The number of carboxylic acids is 1. The highest BCUT2D eigenvalue weighted by molar-refractivity contribution is 5.94. The van der Waals surface area contributed by atoms with E-state index < -0.39 is 12.1 Å². The van der Waals surface area contributed by atoms with E-state index in [0.717, 1.165) is 37.7 Å². The van der Waals surface area contributed by atoms with Crippen molar-refractivity contribution in [3.05, 3.63) is 29.3 Å². The SMILES string of the molecule is Cc1ccc(NC2CCCCCC2O)c(C(=O)O)c1. The van der Waals surface area contributed by atoms with Gasteiger partial charge in [-0.1, -0.05) is 30.9 Å². The second kappa shape index (κ2) is 6.06. The number of benzene rings is 1. The van der Waals surface area contributed by atoms with Crippen molar-refractivity contribution in [3.63, 3.8) is 0 Å². The summed E-state index contributed by atoms with van der Waals surface area (Å²) in [7, 11) is 0. The largest absolute Gasteiger partial charge is 0.478 e. The quantitative estimate of drug-likeness (QED) is 0.733. The Balaban J connectivity index is 2.19. The Morgan fingerprint density at radius 2 is 2.00 bits per heavy atom. The van der Waals surface area contributed by atoms with Gasteiger partial charge >= 0.3 is 5.97 Å². The van der Waals surface area contributed by atoms with Gasteiger partial charge in [-0.3, -0.25) is 0 Å². The number of aliphatic hydroxyl groups excluding tert-OH is 1. The van der Waals surface area contributed by atoms with Crippen LogP contribution >= 0.6 is 0 Å². The molecular formula is C15H21NO3. The first-order valence-electron chi connectivity index (χ1n) is 6.86. The number of aromatic carboxylic acids is 1. The van der Waals surface area contributed by atoms with Gasteiger partial charge in [0, 0.05) is 5.69 Å². The first kappa shape index (κ1) is 13.9. The van der Waals surface area contributed by atoms with Crippen molar-refractivity contribution in [2.75, 3.05) is 5.32 Å². The van der Waals surface area contributed by atoms with Gasteiger partial charge in [-0.25, -0.2) is 4.79 Å². The molecule has 1 saturated carbocycles. The summed E-state index contributed by atoms with van der Waals surface area (Å²) in [6.45, 7) is 1.87. The summed E-state index contributed by atoms with van der Waals surface area (Å²) in [5.74, 6) is -0.936. The van der Waals surface area contributed by atoms with E-state index in [0.29, 0.717) is 5.69 Å². The molecule has 2 rings (SSSR count). The highest BCUT2D eigenvalue weighted by Gasteiger charge is 2.23. The van der Waals surface area contributed by atoms with Gasteiger partial charge in [0.15, 0.2) is 0 Å². The monoisotopic (exact) mass is 263 g/mol. The van der Waals surface area contributed by atoms with Crippen LogP contribution in [0.1, 0.15) is 48.0 Å². The number of hydrogen-bond donors (Lipinski definition) is 3. The lowest BCUT2D eigenvalue weighted by Gasteiger charge is -2.24. The van der Waals surface area contributed by atoms with Crippen molar-refractivity contribution in [1.82, 2.24) is 0 Å². The third kappa shape index (κ3) is 3.47. The molecule has 4 heteroatoms. The Hall–Kier alpha value is -1.55. The first-order valence-corrected chi connectivity index (χ1v) is 6.86. The van der Waals surface area contributed by atoms with E-state index in [2.05, 4.69) is 5.32 Å². The zero-order chi connectivity index (χ0) is 13.8. The minimum absolute atomic E-state index is 0.0525. The molecule has 2 unspecified atom stereocenters. The molecule has 1 aliphatic carbocycles. The molecule has 1 aromatic rings. The normalized spacial score (nSPS) is 23.7. The van der Waals surface area contributed by atoms with Gasteiger partial charge < -0.3 is 15.5 Å². The molecule has 0 amide bonds. The number of nitrogens with one attached hydrogen (secondary N) is 1. The predicted octanol–water partition coefficient (Wildman–Crippen LogP) is 2.80. The van der Waals surface area contributed by atoms with Crippen LogP contribution in [0.5, 0.6) is 0 Å². The van der Waals surface area contributed by atoms with Crippen LogP contribution in [0.15, 0.2) is 18.2 Å². The summed E-state index contributed by atoms with van der Waals surface area (Å²) >= 11 is 0. The van der Waals surface area contributed by atoms with Crippen LogP contribution in [0.2, 0.25) is 0 Å². The van der Waals surface area contributed by atoms with Gasteiger partial charge in [0.25, 0.3) is 0 Å². The molecule has 0 heterocycles. The molecule has 4 nitrogen and oxygen atoms in total. The van der Waals surface area contributed by atoms with Gasteiger partial charge in [0.05, 0.1) is 17.7 Å². The van der Waals surface area contributed by atoms with Crippen molar-refractivity contribution in [3.8, 4) is 0 Å². The third-order valence-electron chi connectivity index (χ3n) is 3.73. The van der Waals surface area contributed by atoms with Gasteiger partial charge in [-0.15, -0.1) is 0 Å². The number of aliphatic hydroxyl groups is 1. The third-order valence-corrected chi connectivity index (χ3v) is 3.73. The summed E-state index contributed by atoms with van der Waals surface area (Å²) in [5.41, 5.74) is 1.80. The molecular weight excluding hydrogens is 242 g/mol. The maximum atomic E-state index is 11.3. The van der Waals surface area contributed by atoms with E-state index in [1.54, 1.807) is 12.1 Å². The van der Waals surface area contributed by atoms with Crippen molar-refractivity contribution in [2.24, 2.45) is 0 Å². The maximum Gasteiger partial charge on any atom is 0.337 e. The van der Waals surface area contributed by atoms with Crippen LogP contribution < -0.4 is 5.32 Å². The van der Waals surface area contributed by atoms with E-state index >= 15 is 0 Å². The molecule has 0 aromatic heterocycles. The standard InChI is InChI=1S/C15H21NO3/c1-10-7-8-12(11(9-10)15(18)19)16-13-5-3-2-4-6-14(13)17/h7-9,13-14,16-17H,2-6H2,1H3,(H,18,19). The molecule has 0 radical (unpaired) electrons. The van der Waals surface area contributed by atoms with E-state index in [1.807, 2.05) is 13.0 Å². The highest BCUT2D eigenvalue weighted by atomic mass is 16.4. The van der Waals surface area contributed by atoms with Crippen molar-refractivity contribution >= 4 is 11.7 Å². The van der Waals surface area contributed by atoms with Gasteiger partial charge in [0.2, 0.25) is 0 Å². The van der Waals surface area contributed by atoms with Crippen molar-refractivity contribution in [1.29, 1.82) is 0 Å². The maximum absolute atomic E-state index is 11.3. The topological polar surface area (TPSA) is 69.6 Å². The Bertz CT molecular complexity index is 459. The Kier molecular flexibility index (Phi) is 4.43. The molecule has 19 heavy (non-hydrogen) atoms. The summed E-state index contributed by atoms with van der Waals surface area (Å²) < 4.78 is 0. The number of anilines is 1. The fourth-order valence-electron chi connectivity index (χ4n) is 2.62. The highest BCUT2D eigenvalue weighted by Crippen LogP contribution is 2.24. The molecule has 0 aliphatic heterocycles. The fourth-order valence-corrected chi connectivity index (χ4v) is 2.62. The van der Waals surface area contributed by atoms with E-state index in [-0.39, 0.29) is 11.6 Å². The van der Waals surface area contributed by atoms with Gasteiger partial charge in [-0.2, -0.15) is 0 Å². The Morgan fingerprint density at radius 3 is 2.74 bits per heavy atom. The number of hydrogen-bond acceptors (Lipinski definition) is 3. The molecule has 1 aromatic carbocycles. The number of aryl methyl sites for hydroxylation is 1. The molecule has 2 atom stereocenters. The van der Waals surface area contributed by atoms with E-state index in [4.69, 9.17) is 0 Å². The Labute approximate surface area is 113 Å². The van der Waals surface area contributed by atoms with Crippen LogP contribution in [-0.4, -0.2) is 28.3 Å². The number of carbonyl (C=O) groups is 1. The molecule has 104 valence electrons. The lowest BCUT2D eigenvalue weighted by Crippen LogP contribution is -2.33. The van der Waals surface area contributed by atoms with Crippen LogP contribution in [0.25, 0.3) is 0 Å². The minimum atomic E-state index is -0.936. The summed E-state index contributed by atoms with van der Waals surface area (Å²) in [4.78, 5) is 11.3. The minimum Gasteiger partial charge on any atom is -0.478 e. The van der Waals surface area contributed by atoms with Crippen LogP contribution in [0.4, 0.5) is 5.69 Å². The number of rotatable bonds is 3. The predicted molar refractivity (Wildman–Crippen MR) is 74.6 cm³/mol. The smallest absolute Gasteiger partial charge is 0.337 e. The Morgan fingerprint density at radius 1 is 1.26 bits per heavy atom. The number of carboxylic acid groups (broad SMARTS) is 1. The summed E-state index contributed by atoms with van der Waals surface area (Å²) in [6.07, 6.45) is 4.52. The lowest BCUT2D eigenvalue weighted by molar-refractivity contribution is 0.0697. The average molecular weight is 263 g/mol. The second-order valence-corrected chi connectivity index (χ2v) is 5.31. The van der Waals surface area contributed by atoms with Gasteiger partial charge in [0.1, 0.15) is 0 Å². The molecule has 0 saturated heterocycles. The summed E-state index contributed by atoms with van der Waals surface area (Å²) in [5, 5.41) is 22.5. The van der Waals surface area contributed by atoms with Crippen molar-refractivity contribution < 1.29 is 15.0 Å². The second-order valence-electron chi connectivity index (χ2n) is 5.31. The molecule has 1 fully saturated rings. The summed E-state index contributed by atoms with van der Waals surface area (Å²) in [6, 6.07) is 5.28. The molecule has 0 spiro atoms. The van der Waals surface area contributed by atoms with Crippen LogP contribution in [0, 0.1) is 6.92 Å².